The SMILES string of the molecule is CC(=O)O[C@H]1CCc2c(ccc3c2C(=O)C(=O)c2c(C)coc2-3)C1(C)C. The van der Waals surface area contributed by atoms with E-state index in [0.29, 0.717) is 40.9 Å². The lowest BCUT2D eigenvalue weighted by Gasteiger charge is -2.40. The maximum Gasteiger partial charge on any atom is 0.302 e. The second-order valence-electron chi connectivity index (χ2n) is 7.65. The van der Waals surface area contributed by atoms with Crippen molar-refractivity contribution in [3.8, 4) is 11.3 Å². The number of carbonyl (C=O) groups is 3. The fourth-order valence-electron chi connectivity index (χ4n) is 4.33. The maximum atomic E-state index is 12.9. The van der Waals surface area contributed by atoms with Crippen LogP contribution in [0.2, 0.25) is 0 Å². The van der Waals surface area contributed by atoms with Crippen molar-refractivity contribution < 1.29 is 23.5 Å². The van der Waals surface area contributed by atoms with Gasteiger partial charge in [-0.3, -0.25) is 14.4 Å². The highest BCUT2D eigenvalue weighted by molar-refractivity contribution is 6.53. The zero-order chi connectivity index (χ0) is 18.8. The van der Waals surface area contributed by atoms with Gasteiger partial charge in [0.15, 0.2) is 0 Å². The second-order valence-corrected chi connectivity index (χ2v) is 7.65. The van der Waals surface area contributed by atoms with Gasteiger partial charge < -0.3 is 9.15 Å². The van der Waals surface area contributed by atoms with Crippen LogP contribution in [0.1, 0.15) is 64.6 Å². The van der Waals surface area contributed by atoms with Gasteiger partial charge in [0.2, 0.25) is 11.6 Å². The summed E-state index contributed by atoms with van der Waals surface area (Å²) >= 11 is 0. The summed E-state index contributed by atoms with van der Waals surface area (Å²) in [5, 5.41) is 0. The largest absolute Gasteiger partial charge is 0.463 e. The first-order chi connectivity index (χ1) is 12.2. The number of esters is 1. The van der Waals surface area contributed by atoms with Gasteiger partial charge in [0.25, 0.3) is 0 Å². The third-order valence-electron chi connectivity index (χ3n) is 5.66. The summed E-state index contributed by atoms with van der Waals surface area (Å²) < 4.78 is 11.1. The predicted molar refractivity (Wildman–Crippen MR) is 94.4 cm³/mol. The van der Waals surface area contributed by atoms with Gasteiger partial charge in [0, 0.05) is 23.5 Å². The monoisotopic (exact) mass is 352 g/mol. The topological polar surface area (TPSA) is 73.6 Å². The number of fused-ring (bicyclic) bond motifs is 5. The Morgan fingerprint density at radius 1 is 1.19 bits per heavy atom. The van der Waals surface area contributed by atoms with Crippen molar-refractivity contribution in [1.82, 2.24) is 0 Å². The highest BCUT2D eigenvalue weighted by atomic mass is 16.5. The molecule has 26 heavy (non-hydrogen) atoms. The number of rotatable bonds is 1. The van der Waals surface area contributed by atoms with E-state index in [-0.39, 0.29) is 12.1 Å². The highest BCUT2D eigenvalue weighted by Crippen LogP contribution is 2.45. The number of aryl methyl sites for hydroxylation is 1. The number of ketones is 2. The Hall–Kier alpha value is -2.69. The molecule has 2 aromatic rings. The number of ether oxygens (including phenoxy) is 1. The molecule has 134 valence electrons. The fourth-order valence-corrected chi connectivity index (χ4v) is 4.33. The normalized spacial score (nSPS) is 20.2. The highest BCUT2D eigenvalue weighted by Gasteiger charge is 2.43. The molecule has 1 aromatic heterocycles. The first kappa shape index (κ1) is 16.8. The summed E-state index contributed by atoms with van der Waals surface area (Å²) in [6.07, 6.45) is 2.45. The first-order valence-corrected chi connectivity index (χ1v) is 8.74. The molecule has 0 radical (unpaired) electrons. The van der Waals surface area contributed by atoms with Crippen LogP contribution in [-0.2, 0) is 21.4 Å². The van der Waals surface area contributed by atoms with Gasteiger partial charge in [0.1, 0.15) is 11.9 Å². The molecule has 1 aromatic carbocycles. The molecule has 0 unspecified atom stereocenters. The number of benzene rings is 1. The minimum atomic E-state index is -0.507. The molecule has 0 spiro atoms. The molecule has 0 saturated heterocycles. The van der Waals surface area contributed by atoms with E-state index < -0.39 is 17.0 Å². The van der Waals surface area contributed by atoms with Crippen LogP contribution in [0.25, 0.3) is 11.3 Å². The second kappa shape index (κ2) is 5.40. The summed E-state index contributed by atoms with van der Waals surface area (Å²) in [6.45, 7) is 7.18. The Morgan fingerprint density at radius 3 is 2.58 bits per heavy atom. The van der Waals surface area contributed by atoms with E-state index >= 15 is 0 Å². The van der Waals surface area contributed by atoms with Gasteiger partial charge in [-0.15, -0.1) is 0 Å². The number of carbonyl (C=O) groups excluding carboxylic acids is 3. The fraction of sp³-hybridized carbons (Fsp3) is 0.381. The van der Waals surface area contributed by atoms with Crippen LogP contribution < -0.4 is 0 Å². The van der Waals surface area contributed by atoms with Gasteiger partial charge in [-0.25, -0.2) is 0 Å². The number of hydrogen-bond donors (Lipinski definition) is 0. The molecule has 5 nitrogen and oxygen atoms in total. The lowest BCUT2D eigenvalue weighted by Crippen LogP contribution is -2.42. The molecule has 2 aliphatic rings. The molecule has 0 bridgehead atoms. The summed E-state index contributed by atoms with van der Waals surface area (Å²) in [5.74, 6) is -0.820. The molecule has 4 rings (SSSR count). The number of hydrogen-bond acceptors (Lipinski definition) is 5. The van der Waals surface area contributed by atoms with Crippen LogP contribution in [0.3, 0.4) is 0 Å². The van der Waals surface area contributed by atoms with Crippen molar-refractivity contribution in [2.75, 3.05) is 0 Å². The number of Topliss-reactive ketones (excluding diaryl/α,β-unsaturated/α-hetero) is 2. The van der Waals surface area contributed by atoms with E-state index in [0.717, 1.165) is 11.1 Å². The average Bonchev–Trinajstić information content (AvgIpc) is 2.96. The Kier molecular flexibility index (Phi) is 3.48. The smallest absolute Gasteiger partial charge is 0.302 e. The Balaban J connectivity index is 1.93. The molecule has 2 aliphatic carbocycles. The molecule has 0 N–H and O–H groups in total. The van der Waals surface area contributed by atoms with E-state index in [1.807, 2.05) is 26.0 Å². The van der Waals surface area contributed by atoms with Crippen LogP contribution in [0.15, 0.2) is 22.8 Å². The molecule has 0 aliphatic heterocycles. The average molecular weight is 352 g/mol. The van der Waals surface area contributed by atoms with E-state index in [1.165, 1.54) is 13.2 Å². The predicted octanol–water partition coefficient (Wildman–Crippen LogP) is 3.79. The first-order valence-electron chi connectivity index (χ1n) is 8.74. The van der Waals surface area contributed by atoms with Crippen molar-refractivity contribution in [3.05, 3.63) is 46.2 Å². The van der Waals surface area contributed by atoms with E-state index in [1.54, 1.807) is 6.92 Å². The van der Waals surface area contributed by atoms with Gasteiger partial charge >= 0.3 is 5.97 Å². The minimum absolute atomic E-state index is 0.263. The molecule has 0 fully saturated rings. The van der Waals surface area contributed by atoms with Crippen LogP contribution >= 0.6 is 0 Å². The molecule has 1 atom stereocenters. The standard InChI is InChI=1S/C21H20O5/c1-10-9-25-20-13-5-7-14-12(17(13)19(24)18(23)16(10)20)6-8-15(21(14,3)4)26-11(2)22/h5,7,9,15H,6,8H2,1-4H3/t15-/m0/s1. The Bertz CT molecular complexity index is 977. The molecule has 1 heterocycles. The van der Waals surface area contributed by atoms with Gasteiger partial charge in [0.05, 0.1) is 11.8 Å². The van der Waals surface area contributed by atoms with Crippen LogP contribution in [-0.4, -0.2) is 23.6 Å². The van der Waals surface area contributed by atoms with Gasteiger partial charge in [-0.1, -0.05) is 26.0 Å². The van der Waals surface area contributed by atoms with Gasteiger partial charge in [-0.2, -0.15) is 0 Å². The summed E-state index contributed by atoms with van der Waals surface area (Å²) in [7, 11) is 0. The maximum absolute atomic E-state index is 12.9. The zero-order valence-corrected chi connectivity index (χ0v) is 15.3. The molecular formula is C21H20O5. The molecule has 0 amide bonds. The minimum Gasteiger partial charge on any atom is -0.463 e. The van der Waals surface area contributed by atoms with Crippen LogP contribution in [0.5, 0.6) is 0 Å². The Morgan fingerprint density at radius 2 is 1.88 bits per heavy atom. The van der Waals surface area contributed by atoms with E-state index in [9.17, 15) is 14.4 Å². The molecule has 0 saturated carbocycles. The third kappa shape index (κ3) is 2.13. The summed E-state index contributed by atoms with van der Waals surface area (Å²) in [4.78, 5) is 37.0. The lowest BCUT2D eigenvalue weighted by atomic mass is 9.67. The Labute approximate surface area is 151 Å². The van der Waals surface area contributed by atoms with Crippen LogP contribution in [0.4, 0.5) is 0 Å². The van der Waals surface area contributed by atoms with Crippen molar-refractivity contribution in [2.24, 2.45) is 0 Å². The van der Waals surface area contributed by atoms with E-state index in [4.69, 9.17) is 9.15 Å². The summed E-state index contributed by atoms with van der Waals surface area (Å²) in [6, 6.07) is 3.81. The third-order valence-corrected chi connectivity index (χ3v) is 5.66. The van der Waals surface area contributed by atoms with Crippen molar-refractivity contribution >= 4 is 17.5 Å². The van der Waals surface area contributed by atoms with Crippen molar-refractivity contribution in [3.63, 3.8) is 0 Å². The summed E-state index contributed by atoms with van der Waals surface area (Å²) in [5.41, 5.74) is 3.54. The number of furan rings is 1. The van der Waals surface area contributed by atoms with Gasteiger partial charge in [-0.05, 0) is 36.5 Å². The lowest BCUT2D eigenvalue weighted by molar-refractivity contribution is -0.150. The van der Waals surface area contributed by atoms with Crippen molar-refractivity contribution in [1.29, 1.82) is 0 Å². The van der Waals surface area contributed by atoms with Crippen LogP contribution in [0, 0.1) is 6.92 Å². The van der Waals surface area contributed by atoms with E-state index in [2.05, 4.69) is 0 Å². The quantitative estimate of drug-likeness (QED) is 0.577. The van der Waals surface area contributed by atoms with Crippen molar-refractivity contribution in [2.45, 2.75) is 52.1 Å². The zero-order valence-electron chi connectivity index (χ0n) is 15.3. The molecular weight excluding hydrogens is 332 g/mol. The molecule has 5 heteroatoms.